The van der Waals surface area contributed by atoms with Crippen LogP contribution in [0.1, 0.15) is 23.0 Å². The highest BCUT2D eigenvalue weighted by molar-refractivity contribution is 5.62. The molecule has 5 rings (SSSR count). The summed E-state index contributed by atoms with van der Waals surface area (Å²) in [5.41, 5.74) is 2.35. The van der Waals surface area contributed by atoms with Crippen LogP contribution in [0.2, 0.25) is 0 Å². The maximum absolute atomic E-state index is 14.4. The summed E-state index contributed by atoms with van der Waals surface area (Å²) in [7, 11) is 3.68. The van der Waals surface area contributed by atoms with Gasteiger partial charge in [0.2, 0.25) is 18.4 Å². The number of likely N-dealkylation sites (N-methyl/N-ethyl adjacent to an activating group) is 1. The number of halogens is 1. The molecule has 144 valence electrons. The lowest BCUT2D eigenvalue weighted by molar-refractivity contribution is -0.909. The molecule has 1 aromatic heterocycles. The monoisotopic (exact) mass is 384 g/mol. The molecule has 0 aliphatic carbocycles. The maximum Gasteiger partial charge on any atom is 0.231 e. The van der Waals surface area contributed by atoms with Crippen LogP contribution in [0.15, 0.2) is 30.3 Å². The highest BCUT2D eigenvalue weighted by Gasteiger charge is 2.40. The fraction of sp³-hybridized carbons (Fsp3) is 0.316. The fourth-order valence-corrected chi connectivity index (χ4v) is 4.04. The SMILES string of the molecule is COc1c2c(cc3c1[C@H](c1nnnn1-c1ccccc1F)[NH+](C)CC3)OCO2. The number of nitrogens with one attached hydrogen (secondary N) is 1. The first kappa shape index (κ1) is 16.9. The molecule has 2 atom stereocenters. The smallest absolute Gasteiger partial charge is 0.231 e. The Morgan fingerprint density at radius 3 is 2.96 bits per heavy atom. The average Bonchev–Trinajstić information content (AvgIpc) is 3.36. The van der Waals surface area contributed by atoms with Crippen LogP contribution in [-0.4, -0.2) is 47.7 Å². The number of tetrazole rings is 1. The first-order chi connectivity index (χ1) is 13.7. The molecule has 0 radical (unpaired) electrons. The molecule has 0 spiro atoms. The van der Waals surface area contributed by atoms with Gasteiger partial charge in [0.05, 0.1) is 26.3 Å². The van der Waals surface area contributed by atoms with Gasteiger partial charge >= 0.3 is 0 Å². The van der Waals surface area contributed by atoms with E-state index in [9.17, 15) is 4.39 Å². The van der Waals surface area contributed by atoms with Crippen molar-refractivity contribution in [2.45, 2.75) is 12.5 Å². The van der Waals surface area contributed by atoms with Crippen LogP contribution in [0, 0.1) is 5.82 Å². The van der Waals surface area contributed by atoms with E-state index < -0.39 is 0 Å². The predicted molar refractivity (Wildman–Crippen MR) is 95.5 cm³/mol. The zero-order chi connectivity index (χ0) is 19.3. The van der Waals surface area contributed by atoms with Gasteiger partial charge in [-0.3, -0.25) is 0 Å². The van der Waals surface area contributed by atoms with Gasteiger partial charge in [0, 0.05) is 6.42 Å². The summed E-state index contributed by atoms with van der Waals surface area (Å²) in [5.74, 6) is 2.05. The Kier molecular flexibility index (Phi) is 3.90. The molecule has 1 unspecified atom stereocenters. The molecule has 2 aliphatic rings. The van der Waals surface area contributed by atoms with Gasteiger partial charge < -0.3 is 19.1 Å². The van der Waals surface area contributed by atoms with Gasteiger partial charge in [0.1, 0.15) is 11.5 Å². The second-order valence-corrected chi connectivity index (χ2v) is 6.90. The van der Waals surface area contributed by atoms with E-state index >= 15 is 0 Å². The number of rotatable bonds is 3. The molecule has 3 aromatic rings. The molecule has 0 bridgehead atoms. The van der Waals surface area contributed by atoms with E-state index in [1.807, 2.05) is 6.07 Å². The number of methoxy groups -OCH3 is 1. The minimum absolute atomic E-state index is 0.162. The minimum atomic E-state index is -0.387. The molecular formula is C19H19FN5O3+. The Bertz CT molecular complexity index is 1050. The molecule has 2 aromatic carbocycles. The Morgan fingerprint density at radius 2 is 2.14 bits per heavy atom. The maximum atomic E-state index is 14.4. The zero-order valence-electron chi connectivity index (χ0n) is 15.5. The average molecular weight is 384 g/mol. The summed E-state index contributed by atoms with van der Waals surface area (Å²) in [6.07, 6.45) is 0.853. The molecule has 8 nitrogen and oxygen atoms in total. The van der Waals surface area contributed by atoms with Crippen molar-refractivity contribution >= 4 is 0 Å². The number of fused-ring (bicyclic) bond motifs is 2. The molecule has 0 amide bonds. The second kappa shape index (κ2) is 6.45. The van der Waals surface area contributed by atoms with Crippen molar-refractivity contribution < 1.29 is 23.5 Å². The second-order valence-electron chi connectivity index (χ2n) is 6.90. The van der Waals surface area contributed by atoms with E-state index in [0.717, 1.165) is 24.1 Å². The summed E-state index contributed by atoms with van der Waals surface area (Å²) < 4.78 is 32.8. The van der Waals surface area contributed by atoms with Gasteiger partial charge in [-0.2, -0.15) is 4.68 Å². The lowest BCUT2D eigenvalue weighted by Gasteiger charge is -2.32. The van der Waals surface area contributed by atoms with Crippen molar-refractivity contribution in [3.8, 4) is 22.9 Å². The van der Waals surface area contributed by atoms with Gasteiger partial charge in [-0.25, -0.2) is 4.39 Å². The van der Waals surface area contributed by atoms with E-state index in [4.69, 9.17) is 14.2 Å². The fourth-order valence-electron chi connectivity index (χ4n) is 4.04. The summed E-state index contributed by atoms with van der Waals surface area (Å²) in [4.78, 5) is 1.18. The van der Waals surface area contributed by atoms with Crippen molar-refractivity contribution in [1.82, 2.24) is 20.2 Å². The van der Waals surface area contributed by atoms with Gasteiger partial charge in [0.15, 0.2) is 17.5 Å². The highest BCUT2D eigenvalue weighted by Crippen LogP contribution is 2.48. The largest absolute Gasteiger partial charge is 0.492 e. The molecule has 0 saturated heterocycles. The topological polar surface area (TPSA) is 75.7 Å². The summed E-state index contributed by atoms with van der Waals surface area (Å²) in [5, 5.41) is 12.2. The normalized spacial score (nSPS) is 20.1. The van der Waals surface area contributed by atoms with Crippen molar-refractivity contribution in [2.24, 2.45) is 0 Å². The number of hydrogen-bond acceptors (Lipinski definition) is 6. The van der Waals surface area contributed by atoms with Crippen molar-refractivity contribution in [3.05, 3.63) is 53.1 Å². The van der Waals surface area contributed by atoms with Gasteiger partial charge in [-0.15, -0.1) is 5.10 Å². The van der Waals surface area contributed by atoms with E-state index in [1.54, 1.807) is 25.3 Å². The number of aromatic nitrogens is 4. The third kappa shape index (κ3) is 2.43. The van der Waals surface area contributed by atoms with Crippen LogP contribution in [0.25, 0.3) is 5.69 Å². The standard InChI is InChI=1S/C19H18FN5O3/c1-24-8-7-11-9-14-17(28-10-27-14)18(26-2)15(11)16(24)19-21-22-23-25(19)13-6-4-3-5-12(13)20/h3-6,9,16H,7-8,10H2,1-2H3/p+1/t16-/m1/s1. The number of quaternary nitrogens is 1. The van der Waals surface area contributed by atoms with Crippen molar-refractivity contribution in [1.29, 1.82) is 0 Å². The van der Waals surface area contributed by atoms with Gasteiger partial charge in [0.25, 0.3) is 0 Å². The number of ether oxygens (including phenoxy) is 3. The summed E-state index contributed by atoms with van der Waals surface area (Å²) >= 11 is 0. The van der Waals surface area contributed by atoms with Crippen molar-refractivity contribution in [3.63, 3.8) is 0 Å². The molecule has 0 saturated carbocycles. The predicted octanol–water partition coefficient (Wildman–Crippen LogP) is 0.699. The van der Waals surface area contributed by atoms with Crippen LogP contribution in [0.3, 0.4) is 0 Å². The Morgan fingerprint density at radius 1 is 1.29 bits per heavy atom. The zero-order valence-corrected chi connectivity index (χ0v) is 15.5. The van der Waals surface area contributed by atoms with E-state index in [0.29, 0.717) is 28.8 Å². The molecule has 9 heteroatoms. The Labute approximate surface area is 160 Å². The van der Waals surface area contributed by atoms with Crippen LogP contribution < -0.4 is 19.1 Å². The lowest BCUT2D eigenvalue weighted by Crippen LogP contribution is -3.10. The Balaban J connectivity index is 1.72. The first-order valence-corrected chi connectivity index (χ1v) is 9.04. The van der Waals surface area contributed by atoms with E-state index in [2.05, 4.69) is 22.6 Å². The molecule has 0 fully saturated rings. The van der Waals surface area contributed by atoms with Crippen LogP contribution in [0.5, 0.6) is 17.2 Å². The minimum Gasteiger partial charge on any atom is -0.492 e. The number of nitrogens with zero attached hydrogens (tertiary/aromatic N) is 4. The van der Waals surface area contributed by atoms with Crippen LogP contribution in [0.4, 0.5) is 4.39 Å². The van der Waals surface area contributed by atoms with E-state index in [1.165, 1.54) is 15.6 Å². The molecule has 3 heterocycles. The van der Waals surface area contributed by atoms with Crippen LogP contribution in [-0.2, 0) is 6.42 Å². The van der Waals surface area contributed by atoms with Crippen molar-refractivity contribution in [2.75, 3.05) is 27.5 Å². The van der Waals surface area contributed by atoms with Crippen LogP contribution >= 0.6 is 0 Å². The van der Waals surface area contributed by atoms with Gasteiger partial charge in [-0.05, 0) is 34.2 Å². The molecule has 1 N–H and O–H groups in total. The molecular weight excluding hydrogens is 365 g/mol. The summed E-state index contributed by atoms with van der Waals surface area (Å²) in [6.45, 7) is 1.03. The number of hydrogen-bond donors (Lipinski definition) is 1. The lowest BCUT2D eigenvalue weighted by atomic mass is 9.90. The highest BCUT2D eigenvalue weighted by atomic mass is 19.1. The number of para-hydroxylation sites is 1. The quantitative estimate of drug-likeness (QED) is 0.717. The Hall–Kier alpha value is -3.20. The van der Waals surface area contributed by atoms with Gasteiger partial charge in [-0.1, -0.05) is 12.1 Å². The van der Waals surface area contributed by atoms with E-state index in [-0.39, 0.29) is 18.7 Å². The third-order valence-corrected chi connectivity index (χ3v) is 5.35. The summed E-state index contributed by atoms with van der Waals surface area (Å²) in [6, 6.07) is 8.20. The first-order valence-electron chi connectivity index (χ1n) is 9.04. The third-order valence-electron chi connectivity index (χ3n) is 5.35. The molecule has 28 heavy (non-hydrogen) atoms. The molecule has 2 aliphatic heterocycles. The number of benzene rings is 2.